The standard InChI is InChI=1S/C54H31N3/c1-2-14-28(15-3-1)41-29-16-4-13-25-38(29)46-47-39(26-55-52-44-34-21-9-5-17-30(34)42(49(47)52)31-18-6-10-22-35(31)44)57-40-27-56-53-45-36-23-11-7-19-32(36)43(33-20-8-12-24-37(33)45)50(53)48(40)51(41)54(46)57/h1-27,42-45H. The van der Waals surface area contributed by atoms with Gasteiger partial charge in [-0.05, 0) is 77.5 Å². The highest BCUT2D eigenvalue weighted by Crippen LogP contribution is 2.62. The summed E-state index contributed by atoms with van der Waals surface area (Å²) in [7, 11) is 0. The van der Waals surface area contributed by atoms with E-state index in [0.717, 1.165) is 0 Å². The molecule has 3 nitrogen and oxygen atoms in total. The minimum atomic E-state index is 0.0930. The molecule has 0 aliphatic heterocycles. The van der Waals surface area contributed by atoms with Crippen molar-refractivity contribution in [3.63, 3.8) is 0 Å². The molecule has 57 heavy (non-hydrogen) atoms. The van der Waals surface area contributed by atoms with Gasteiger partial charge in [-0.1, -0.05) is 152 Å². The molecule has 11 aromatic rings. The number of aromatic nitrogens is 3. The van der Waals surface area contributed by atoms with E-state index in [-0.39, 0.29) is 23.7 Å². The molecule has 0 unspecified atom stereocenters. The fourth-order valence-electron chi connectivity index (χ4n) is 12.4. The zero-order valence-corrected chi connectivity index (χ0v) is 30.7. The lowest BCUT2D eigenvalue weighted by Gasteiger charge is -2.42. The first-order valence-corrected chi connectivity index (χ1v) is 20.2. The summed E-state index contributed by atoms with van der Waals surface area (Å²) in [5.74, 6) is 0.400. The Hall–Kier alpha value is -7.10. The second-order valence-corrected chi connectivity index (χ2v) is 16.6. The zero-order valence-electron chi connectivity index (χ0n) is 30.7. The molecule has 262 valence electrons. The molecule has 4 bridgehead atoms. The summed E-state index contributed by atoms with van der Waals surface area (Å²) in [6.07, 6.45) is 4.40. The Morgan fingerprint density at radius 2 is 0.737 bits per heavy atom. The highest BCUT2D eigenvalue weighted by molar-refractivity contribution is 6.37. The van der Waals surface area contributed by atoms with Crippen LogP contribution >= 0.6 is 0 Å². The third-order valence-corrected chi connectivity index (χ3v) is 14.3. The molecule has 17 rings (SSSR count). The van der Waals surface area contributed by atoms with Crippen LogP contribution in [0.25, 0.3) is 60.0 Å². The number of hydrogen-bond acceptors (Lipinski definition) is 2. The van der Waals surface area contributed by atoms with E-state index in [2.05, 4.69) is 168 Å². The van der Waals surface area contributed by atoms with E-state index < -0.39 is 0 Å². The molecule has 4 aromatic heterocycles. The summed E-state index contributed by atoms with van der Waals surface area (Å²) < 4.78 is 2.56. The van der Waals surface area contributed by atoms with Crippen molar-refractivity contribution in [3.8, 4) is 11.1 Å². The molecule has 0 spiro atoms. The van der Waals surface area contributed by atoms with Gasteiger partial charge in [0.05, 0.1) is 52.2 Å². The van der Waals surface area contributed by atoms with Crippen LogP contribution in [0.2, 0.25) is 0 Å². The van der Waals surface area contributed by atoms with Gasteiger partial charge < -0.3 is 4.40 Å². The van der Waals surface area contributed by atoms with Gasteiger partial charge in [-0.15, -0.1) is 0 Å². The molecule has 0 N–H and O–H groups in total. The van der Waals surface area contributed by atoms with Gasteiger partial charge in [-0.2, -0.15) is 0 Å². The summed E-state index contributed by atoms with van der Waals surface area (Å²) in [5.41, 5.74) is 22.5. The van der Waals surface area contributed by atoms with Crippen LogP contribution in [0, 0.1) is 0 Å². The fourth-order valence-corrected chi connectivity index (χ4v) is 12.4. The number of nitrogens with zero attached hydrogens (tertiary/aromatic N) is 3. The Bertz CT molecular complexity index is 3520. The normalized spacial score (nSPS) is 19.2. The minimum absolute atomic E-state index is 0.0930. The quantitative estimate of drug-likeness (QED) is 0.169. The lowest BCUT2D eigenvalue weighted by molar-refractivity contribution is 0.734. The van der Waals surface area contributed by atoms with E-state index in [1.54, 1.807) is 0 Å². The van der Waals surface area contributed by atoms with Gasteiger partial charge in [0, 0.05) is 33.4 Å². The molecule has 6 aliphatic carbocycles. The van der Waals surface area contributed by atoms with Gasteiger partial charge in [0.15, 0.2) is 0 Å². The first-order chi connectivity index (χ1) is 28.4. The van der Waals surface area contributed by atoms with Gasteiger partial charge in [0.25, 0.3) is 0 Å². The van der Waals surface area contributed by atoms with Crippen LogP contribution in [0.3, 0.4) is 0 Å². The molecule has 4 heterocycles. The monoisotopic (exact) mass is 721 g/mol. The van der Waals surface area contributed by atoms with Crippen molar-refractivity contribution < 1.29 is 0 Å². The van der Waals surface area contributed by atoms with Crippen molar-refractivity contribution >= 4 is 48.9 Å². The molecule has 0 saturated heterocycles. The summed E-state index contributed by atoms with van der Waals surface area (Å²) in [6.45, 7) is 0. The Kier molecular flexibility index (Phi) is 5.13. The number of pyridine rings is 2. The maximum atomic E-state index is 5.54. The highest BCUT2D eigenvalue weighted by atomic mass is 15.0. The third kappa shape index (κ3) is 3.25. The average Bonchev–Trinajstić information content (AvgIpc) is 3.81. The number of fused-ring (bicyclic) bond motifs is 8. The number of hydrogen-bond donors (Lipinski definition) is 0. The number of benzene rings is 7. The second kappa shape index (κ2) is 10.0. The van der Waals surface area contributed by atoms with E-state index >= 15 is 0 Å². The second-order valence-electron chi connectivity index (χ2n) is 16.6. The molecular weight excluding hydrogens is 691 g/mol. The van der Waals surface area contributed by atoms with E-state index in [9.17, 15) is 0 Å². The average molecular weight is 722 g/mol. The molecule has 0 radical (unpaired) electrons. The van der Waals surface area contributed by atoms with Crippen molar-refractivity contribution in [3.05, 3.63) is 231 Å². The van der Waals surface area contributed by atoms with Crippen molar-refractivity contribution in [2.24, 2.45) is 0 Å². The lowest BCUT2D eigenvalue weighted by atomic mass is 9.61. The highest BCUT2D eigenvalue weighted by Gasteiger charge is 2.46. The smallest absolute Gasteiger partial charge is 0.0729 e. The van der Waals surface area contributed by atoms with E-state index in [0.29, 0.717) is 0 Å². The van der Waals surface area contributed by atoms with E-state index in [1.165, 1.54) is 127 Å². The van der Waals surface area contributed by atoms with Gasteiger partial charge in [0.2, 0.25) is 0 Å². The van der Waals surface area contributed by atoms with Crippen LogP contribution in [-0.4, -0.2) is 14.4 Å². The molecule has 0 saturated carbocycles. The van der Waals surface area contributed by atoms with Crippen LogP contribution < -0.4 is 0 Å². The van der Waals surface area contributed by atoms with Crippen LogP contribution in [-0.2, 0) is 0 Å². The van der Waals surface area contributed by atoms with Crippen molar-refractivity contribution in [2.75, 3.05) is 0 Å². The third-order valence-electron chi connectivity index (χ3n) is 14.3. The van der Waals surface area contributed by atoms with E-state index in [4.69, 9.17) is 9.97 Å². The van der Waals surface area contributed by atoms with Gasteiger partial charge in [-0.3, -0.25) is 9.97 Å². The molecule has 6 aliphatic rings. The Balaban J connectivity index is 1.18. The predicted octanol–water partition coefficient (Wildman–Crippen LogP) is 12.4. The fraction of sp³-hybridized carbons (Fsp3) is 0.0741. The van der Waals surface area contributed by atoms with Crippen LogP contribution in [0.15, 0.2) is 164 Å². The maximum Gasteiger partial charge on any atom is 0.0729 e. The molecule has 0 atom stereocenters. The van der Waals surface area contributed by atoms with Crippen molar-refractivity contribution in [1.29, 1.82) is 0 Å². The maximum absolute atomic E-state index is 5.54. The van der Waals surface area contributed by atoms with Crippen LogP contribution in [0.1, 0.15) is 90.7 Å². The Labute approximate surface area is 327 Å². The Morgan fingerprint density at radius 1 is 0.351 bits per heavy atom. The SMILES string of the molecule is c1ccc(-c2c3ccccc3c3c4c5c(ncc4n4c6cnc7c(c6c2c34)C2c3ccccc3C7c3ccccc32)C2c3ccccc3C5c3ccccc32)cc1. The zero-order chi connectivity index (χ0) is 36.7. The summed E-state index contributed by atoms with van der Waals surface area (Å²) in [5, 5.41) is 7.92. The van der Waals surface area contributed by atoms with Gasteiger partial charge in [-0.25, -0.2) is 0 Å². The van der Waals surface area contributed by atoms with Crippen LogP contribution in [0.5, 0.6) is 0 Å². The Morgan fingerprint density at radius 3 is 1.21 bits per heavy atom. The summed E-state index contributed by atoms with van der Waals surface area (Å²) >= 11 is 0. The predicted molar refractivity (Wildman–Crippen MR) is 229 cm³/mol. The molecule has 0 amide bonds. The van der Waals surface area contributed by atoms with Crippen molar-refractivity contribution in [2.45, 2.75) is 23.7 Å². The molecule has 3 heteroatoms. The van der Waals surface area contributed by atoms with Crippen molar-refractivity contribution in [1.82, 2.24) is 14.4 Å². The lowest BCUT2D eigenvalue weighted by Crippen LogP contribution is -2.28. The van der Waals surface area contributed by atoms with Gasteiger partial charge >= 0.3 is 0 Å². The summed E-state index contributed by atoms with van der Waals surface area (Å²) in [6, 6.07) is 56.8. The van der Waals surface area contributed by atoms with Crippen LogP contribution in [0.4, 0.5) is 0 Å². The molecule has 0 fully saturated rings. The first kappa shape index (κ1) is 29.2. The molecule has 7 aromatic carbocycles. The van der Waals surface area contributed by atoms with E-state index in [1.807, 2.05) is 0 Å². The first-order valence-electron chi connectivity index (χ1n) is 20.2. The number of rotatable bonds is 1. The van der Waals surface area contributed by atoms with Gasteiger partial charge in [0.1, 0.15) is 0 Å². The summed E-state index contributed by atoms with van der Waals surface area (Å²) in [4.78, 5) is 11.1. The largest absolute Gasteiger partial charge is 0.305 e. The minimum Gasteiger partial charge on any atom is -0.305 e. The topological polar surface area (TPSA) is 30.2 Å². The molecular formula is C54H31N3.